The van der Waals surface area contributed by atoms with Crippen molar-refractivity contribution in [1.82, 2.24) is 4.90 Å². The normalized spacial score (nSPS) is 16.1. The quantitative estimate of drug-likeness (QED) is 0.441. The molecule has 1 fully saturated rings. The highest BCUT2D eigenvalue weighted by Crippen LogP contribution is 2.30. The summed E-state index contributed by atoms with van der Waals surface area (Å²) in [6, 6.07) is 14.8. The number of likely N-dealkylation sites (tertiary alicyclic amines) is 1. The van der Waals surface area contributed by atoms with E-state index in [0.717, 1.165) is 48.8 Å². The molecule has 0 aliphatic carbocycles. The van der Waals surface area contributed by atoms with Crippen LogP contribution >= 0.6 is 0 Å². The predicted molar refractivity (Wildman–Crippen MR) is 124 cm³/mol. The second-order valence-electron chi connectivity index (χ2n) is 8.81. The Labute approximate surface area is 186 Å². The molecule has 1 saturated heterocycles. The van der Waals surface area contributed by atoms with E-state index in [4.69, 9.17) is 10.00 Å². The topological polar surface area (TPSA) is 36.3 Å². The van der Waals surface area contributed by atoms with Crippen molar-refractivity contribution in [3.63, 3.8) is 0 Å². The molecule has 0 N–H and O–H groups in total. The van der Waals surface area contributed by atoms with E-state index in [1.54, 1.807) is 12.1 Å². The van der Waals surface area contributed by atoms with Gasteiger partial charge in [-0.3, -0.25) is 4.90 Å². The first-order valence-electron chi connectivity index (χ1n) is 11.7. The Bertz CT molecular complexity index is 851. The van der Waals surface area contributed by atoms with E-state index in [2.05, 4.69) is 30.0 Å². The van der Waals surface area contributed by atoms with Gasteiger partial charge in [0.05, 0.1) is 11.6 Å². The lowest BCUT2D eigenvalue weighted by Crippen LogP contribution is -2.36. The molecule has 0 radical (unpaired) electrons. The van der Waals surface area contributed by atoms with Crippen LogP contribution in [0.1, 0.15) is 68.1 Å². The molecule has 0 amide bonds. The van der Waals surface area contributed by atoms with Gasteiger partial charge in [0.2, 0.25) is 0 Å². The summed E-state index contributed by atoms with van der Waals surface area (Å²) >= 11 is 0. The van der Waals surface area contributed by atoms with Crippen molar-refractivity contribution in [1.29, 1.82) is 5.26 Å². The minimum Gasteiger partial charge on any atom is -0.492 e. The van der Waals surface area contributed by atoms with Gasteiger partial charge in [-0.05, 0) is 99.0 Å². The first kappa shape index (κ1) is 23.3. The van der Waals surface area contributed by atoms with Gasteiger partial charge in [0.25, 0.3) is 0 Å². The SMILES string of the molecule is CCC(CCCC1CCN(CCOc2ccc(F)cc2)CC1)c1ccc(C#N)c(C)c1. The average Bonchev–Trinajstić information content (AvgIpc) is 2.79. The monoisotopic (exact) mass is 422 g/mol. The standard InChI is InChI=1S/C27H35FN2O/c1-3-23(24-7-8-25(20-29)21(2)19-24)6-4-5-22-13-15-30(16-14-22)17-18-31-27-11-9-26(28)10-12-27/h7-12,19,22-23H,3-6,13-18H2,1-2H3. The van der Waals surface area contributed by atoms with E-state index in [-0.39, 0.29) is 5.82 Å². The number of aryl methyl sites for hydroxylation is 1. The summed E-state index contributed by atoms with van der Waals surface area (Å²) in [7, 11) is 0. The molecule has 166 valence electrons. The third-order valence-electron chi connectivity index (χ3n) is 6.70. The van der Waals surface area contributed by atoms with Crippen LogP contribution in [0.25, 0.3) is 0 Å². The number of halogens is 1. The smallest absolute Gasteiger partial charge is 0.123 e. The maximum Gasteiger partial charge on any atom is 0.123 e. The Hall–Kier alpha value is -2.38. The number of ether oxygens (including phenoxy) is 1. The zero-order valence-corrected chi connectivity index (χ0v) is 18.9. The van der Waals surface area contributed by atoms with Gasteiger partial charge in [0.15, 0.2) is 0 Å². The summed E-state index contributed by atoms with van der Waals surface area (Å²) in [5.41, 5.74) is 3.26. The number of nitrogens with zero attached hydrogens (tertiary/aromatic N) is 2. The first-order valence-corrected chi connectivity index (χ1v) is 11.7. The highest BCUT2D eigenvalue weighted by molar-refractivity contribution is 5.40. The van der Waals surface area contributed by atoms with Crippen molar-refractivity contribution >= 4 is 0 Å². The Morgan fingerprint density at radius 3 is 2.55 bits per heavy atom. The number of piperidine rings is 1. The van der Waals surface area contributed by atoms with Crippen molar-refractivity contribution in [3.8, 4) is 11.8 Å². The summed E-state index contributed by atoms with van der Waals surface area (Å²) in [5.74, 6) is 1.93. The first-order chi connectivity index (χ1) is 15.1. The van der Waals surface area contributed by atoms with Crippen LogP contribution in [-0.2, 0) is 0 Å². The van der Waals surface area contributed by atoms with E-state index in [1.807, 2.05) is 13.0 Å². The Morgan fingerprint density at radius 2 is 1.90 bits per heavy atom. The van der Waals surface area contributed by atoms with Gasteiger partial charge in [-0.1, -0.05) is 31.9 Å². The van der Waals surface area contributed by atoms with Gasteiger partial charge in [0.1, 0.15) is 18.2 Å². The predicted octanol–water partition coefficient (Wildman–Crippen LogP) is 6.46. The molecule has 4 heteroatoms. The molecular formula is C27H35FN2O. The summed E-state index contributed by atoms with van der Waals surface area (Å²) in [6.07, 6.45) is 7.50. The van der Waals surface area contributed by atoms with Crippen LogP contribution in [0.4, 0.5) is 4.39 Å². The lowest BCUT2D eigenvalue weighted by atomic mass is 9.86. The van der Waals surface area contributed by atoms with E-state index in [1.165, 1.54) is 49.8 Å². The van der Waals surface area contributed by atoms with Gasteiger partial charge in [-0.15, -0.1) is 0 Å². The van der Waals surface area contributed by atoms with Crippen molar-refractivity contribution in [2.75, 3.05) is 26.2 Å². The summed E-state index contributed by atoms with van der Waals surface area (Å²) in [4.78, 5) is 2.48. The Kier molecular flexibility index (Phi) is 8.91. The van der Waals surface area contributed by atoms with Crippen molar-refractivity contribution in [3.05, 3.63) is 65.0 Å². The summed E-state index contributed by atoms with van der Waals surface area (Å²) in [5, 5.41) is 9.15. The van der Waals surface area contributed by atoms with Gasteiger partial charge in [-0.2, -0.15) is 5.26 Å². The molecule has 0 bridgehead atoms. The molecule has 31 heavy (non-hydrogen) atoms. The minimum absolute atomic E-state index is 0.230. The van der Waals surface area contributed by atoms with E-state index in [9.17, 15) is 4.39 Å². The fraction of sp³-hybridized carbons (Fsp3) is 0.519. The number of hydrogen-bond donors (Lipinski definition) is 0. The second-order valence-corrected chi connectivity index (χ2v) is 8.81. The molecular weight excluding hydrogens is 387 g/mol. The number of hydrogen-bond acceptors (Lipinski definition) is 3. The molecule has 3 rings (SSSR count). The van der Waals surface area contributed by atoms with Gasteiger partial charge in [-0.25, -0.2) is 4.39 Å². The van der Waals surface area contributed by atoms with E-state index < -0.39 is 0 Å². The average molecular weight is 423 g/mol. The number of nitriles is 1. The molecule has 1 atom stereocenters. The van der Waals surface area contributed by atoms with Crippen LogP contribution in [0, 0.1) is 30.0 Å². The van der Waals surface area contributed by atoms with Gasteiger partial charge < -0.3 is 4.74 Å². The Balaban J connectivity index is 1.33. The third kappa shape index (κ3) is 7.08. The van der Waals surface area contributed by atoms with Crippen LogP contribution in [0.3, 0.4) is 0 Å². The Morgan fingerprint density at radius 1 is 1.16 bits per heavy atom. The molecule has 1 heterocycles. The molecule has 3 nitrogen and oxygen atoms in total. The summed E-state index contributed by atoms with van der Waals surface area (Å²) in [6.45, 7) is 8.17. The largest absolute Gasteiger partial charge is 0.492 e. The third-order valence-corrected chi connectivity index (χ3v) is 6.70. The van der Waals surface area contributed by atoms with E-state index >= 15 is 0 Å². The molecule has 2 aromatic carbocycles. The fourth-order valence-corrected chi connectivity index (χ4v) is 4.65. The van der Waals surface area contributed by atoms with Crippen molar-refractivity contribution in [2.24, 2.45) is 5.92 Å². The minimum atomic E-state index is -0.230. The molecule has 0 aromatic heterocycles. The van der Waals surface area contributed by atoms with Crippen molar-refractivity contribution < 1.29 is 9.13 Å². The zero-order valence-electron chi connectivity index (χ0n) is 18.9. The lowest BCUT2D eigenvalue weighted by Gasteiger charge is -2.32. The van der Waals surface area contributed by atoms with Gasteiger partial charge >= 0.3 is 0 Å². The maximum absolute atomic E-state index is 12.9. The second kappa shape index (κ2) is 11.9. The van der Waals surface area contributed by atoms with Crippen LogP contribution in [-0.4, -0.2) is 31.1 Å². The van der Waals surface area contributed by atoms with E-state index in [0.29, 0.717) is 12.5 Å². The molecule has 1 aliphatic rings. The molecule has 2 aromatic rings. The summed E-state index contributed by atoms with van der Waals surface area (Å²) < 4.78 is 18.7. The van der Waals surface area contributed by atoms with Crippen LogP contribution < -0.4 is 4.74 Å². The molecule has 0 spiro atoms. The fourth-order valence-electron chi connectivity index (χ4n) is 4.65. The molecule has 1 unspecified atom stereocenters. The molecule has 0 saturated carbocycles. The molecule has 1 aliphatic heterocycles. The van der Waals surface area contributed by atoms with Crippen LogP contribution in [0.15, 0.2) is 42.5 Å². The van der Waals surface area contributed by atoms with Crippen LogP contribution in [0.5, 0.6) is 5.75 Å². The number of benzene rings is 2. The zero-order chi connectivity index (χ0) is 22.1. The highest BCUT2D eigenvalue weighted by Gasteiger charge is 2.19. The lowest BCUT2D eigenvalue weighted by molar-refractivity contribution is 0.150. The number of rotatable bonds is 10. The maximum atomic E-state index is 12.9. The van der Waals surface area contributed by atoms with Crippen molar-refractivity contribution in [2.45, 2.75) is 58.3 Å². The highest BCUT2D eigenvalue weighted by atomic mass is 19.1. The van der Waals surface area contributed by atoms with Gasteiger partial charge in [0, 0.05) is 6.54 Å². The van der Waals surface area contributed by atoms with Crippen LogP contribution in [0.2, 0.25) is 0 Å².